The molecule has 1 saturated carbocycles. The number of hydrazine groups is 1. The maximum absolute atomic E-state index is 5.40. The van der Waals surface area contributed by atoms with Gasteiger partial charge in [0.1, 0.15) is 11.4 Å². The molecule has 1 fully saturated rings. The summed E-state index contributed by atoms with van der Waals surface area (Å²) in [5.41, 5.74) is 9.43. The van der Waals surface area contributed by atoms with E-state index in [1.54, 1.807) is 0 Å². The van der Waals surface area contributed by atoms with Crippen molar-refractivity contribution >= 4 is 23.3 Å². The lowest BCUT2D eigenvalue weighted by Crippen LogP contribution is -2.45. The highest BCUT2D eigenvalue weighted by Crippen LogP contribution is 2.28. The molecular weight excluding hydrogens is 380 g/mol. The van der Waals surface area contributed by atoms with Crippen molar-refractivity contribution in [3.63, 3.8) is 0 Å². The van der Waals surface area contributed by atoms with Crippen LogP contribution in [0.5, 0.6) is 0 Å². The Labute approximate surface area is 176 Å². The standard InChI is InChI=1S/C22H24N6S/c29-22(23-18-14-8-3-9-15-18)28-27-21-24-19(16-10-4-1-5-11-16)20(25-26-21)17-12-6-2-7-13-17/h1-2,4-7,10-13,18H,3,8-9,14-15H2,(H2,23,28,29)(H,24,26,27). The van der Waals surface area contributed by atoms with Gasteiger partial charge in [-0.05, 0) is 25.1 Å². The van der Waals surface area contributed by atoms with Gasteiger partial charge in [0.05, 0.1) is 0 Å². The number of aromatic nitrogens is 3. The predicted molar refractivity (Wildman–Crippen MR) is 120 cm³/mol. The lowest BCUT2D eigenvalue weighted by Gasteiger charge is -2.24. The van der Waals surface area contributed by atoms with E-state index in [0.29, 0.717) is 17.1 Å². The third kappa shape index (κ3) is 5.06. The van der Waals surface area contributed by atoms with E-state index >= 15 is 0 Å². The third-order valence-electron chi connectivity index (χ3n) is 5.01. The van der Waals surface area contributed by atoms with Crippen LogP contribution in [0, 0.1) is 0 Å². The number of rotatable bonds is 5. The molecule has 2 aromatic carbocycles. The van der Waals surface area contributed by atoms with Crippen LogP contribution in [-0.4, -0.2) is 26.3 Å². The summed E-state index contributed by atoms with van der Waals surface area (Å²) in [5.74, 6) is 0.372. The molecule has 0 unspecified atom stereocenters. The summed E-state index contributed by atoms with van der Waals surface area (Å²) in [7, 11) is 0. The molecule has 0 aliphatic heterocycles. The fraction of sp³-hybridized carbons (Fsp3) is 0.273. The van der Waals surface area contributed by atoms with Crippen LogP contribution in [0.25, 0.3) is 22.5 Å². The summed E-state index contributed by atoms with van der Waals surface area (Å²) in [6, 6.07) is 20.4. The van der Waals surface area contributed by atoms with Crippen LogP contribution in [-0.2, 0) is 0 Å². The van der Waals surface area contributed by atoms with E-state index in [0.717, 1.165) is 35.4 Å². The molecular formula is C22H24N6S. The van der Waals surface area contributed by atoms with E-state index in [4.69, 9.17) is 17.2 Å². The second-order valence-electron chi connectivity index (χ2n) is 7.12. The molecule has 1 aliphatic rings. The van der Waals surface area contributed by atoms with Gasteiger partial charge in [0.15, 0.2) is 5.11 Å². The molecule has 1 heterocycles. The SMILES string of the molecule is S=C(NNc1nnc(-c2ccccc2)c(-c2ccccc2)n1)NC1CCCCC1. The molecule has 29 heavy (non-hydrogen) atoms. The number of nitrogens with zero attached hydrogens (tertiary/aromatic N) is 3. The molecule has 6 nitrogen and oxygen atoms in total. The summed E-state index contributed by atoms with van der Waals surface area (Å²) in [4.78, 5) is 4.70. The highest BCUT2D eigenvalue weighted by Gasteiger charge is 2.15. The molecule has 4 rings (SSSR count). The molecule has 0 saturated heterocycles. The highest BCUT2D eigenvalue weighted by molar-refractivity contribution is 7.80. The second kappa shape index (κ2) is 9.43. The predicted octanol–water partition coefficient (Wildman–Crippen LogP) is 4.33. The minimum Gasteiger partial charge on any atom is -0.359 e. The summed E-state index contributed by atoms with van der Waals surface area (Å²) < 4.78 is 0. The van der Waals surface area contributed by atoms with Gasteiger partial charge in [-0.15, -0.1) is 10.2 Å². The van der Waals surface area contributed by atoms with Crippen LogP contribution in [0.1, 0.15) is 32.1 Å². The Kier molecular flexibility index (Phi) is 6.26. The molecule has 0 atom stereocenters. The maximum Gasteiger partial charge on any atom is 0.262 e. The van der Waals surface area contributed by atoms with Crippen LogP contribution < -0.4 is 16.2 Å². The van der Waals surface area contributed by atoms with Crippen molar-refractivity contribution in [3.05, 3.63) is 60.7 Å². The Morgan fingerprint density at radius 1 is 0.793 bits per heavy atom. The number of benzene rings is 2. The fourth-order valence-corrected chi connectivity index (χ4v) is 3.77. The van der Waals surface area contributed by atoms with Crippen LogP contribution in [0.15, 0.2) is 60.7 Å². The molecule has 3 aromatic rings. The Bertz CT molecular complexity index is 942. The van der Waals surface area contributed by atoms with Gasteiger partial charge in [-0.3, -0.25) is 10.9 Å². The Hall–Kier alpha value is -3.06. The summed E-state index contributed by atoms with van der Waals surface area (Å²) in [6.45, 7) is 0. The molecule has 1 aliphatic carbocycles. The van der Waals surface area contributed by atoms with Crippen LogP contribution in [0.3, 0.4) is 0 Å². The smallest absolute Gasteiger partial charge is 0.262 e. The van der Waals surface area contributed by atoms with Crippen molar-refractivity contribution in [3.8, 4) is 22.5 Å². The molecule has 0 spiro atoms. The summed E-state index contributed by atoms with van der Waals surface area (Å²) >= 11 is 5.40. The quantitative estimate of drug-likeness (QED) is 0.432. The number of nitrogens with one attached hydrogen (secondary N) is 3. The Balaban J connectivity index is 1.52. The zero-order valence-electron chi connectivity index (χ0n) is 16.1. The Morgan fingerprint density at radius 2 is 1.41 bits per heavy atom. The zero-order chi connectivity index (χ0) is 19.9. The van der Waals surface area contributed by atoms with Gasteiger partial charge in [-0.1, -0.05) is 79.9 Å². The van der Waals surface area contributed by atoms with Crippen molar-refractivity contribution < 1.29 is 0 Å². The normalized spacial score (nSPS) is 14.2. The van der Waals surface area contributed by atoms with Crippen LogP contribution in [0.4, 0.5) is 5.95 Å². The van der Waals surface area contributed by atoms with Crippen molar-refractivity contribution in [2.75, 3.05) is 5.43 Å². The minimum absolute atomic E-state index is 0.372. The van der Waals surface area contributed by atoms with Crippen molar-refractivity contribution in [1.82, 2.24) is 25.9 Å². The minimum atomic E-state index is 0.372. The summed E-state index contributed by atoms with van der Waals surface area (Å²) in [5, 5.41) is 12.6. The molecule has 7 heteroatoms. The van der Waals surface area contributed by atoms with E-state index in [9.17, 15) is 0 Å². The van der Waals surface area contributed by atoms with E-state index in [1.165, 1.54) is 19.3 Å². The third-order valence-corrected chi connectivity index (χ3v) is 5.23. The van der Waals surface area contributed by atoms with Gasteiger partial charge in [-0.25, -0.2) is 4.98 Å². The Morgan fingerprint density at radius 3 is 2.07 bits per heavy atom. The van der Waals surface area contributed by atoms with E-state index in [2.05, 4.69) is 26.4 Å². The number of thiocarbonyl (C=S) groups is 1. The molecule has 0 radical (unpaired) electrons. The van der Waals surface area contributed by atoms with Gasteiger partial charge in [0, 0.05) is 17.2 Å². The number of anilines is 1. The zero-order valence-corrected chi connectivity index (χ0v) is 17.0. The van der Waals surface area contributed by atoms with E-state index < -0.39 is 0 Å². The van der Waals surface area contributed by atoms with E-state index in [-0.39, 0.29) is 0 Å². The number of hydrogen-bond acceptors (Lipinski definition) is 5. The van der Waals surface area contributed by atoms with Gasteiger partial charge in [0.2, 0.25) is 0 Å². The topological polar surface area (TPSA) is 74.8 Å². The molecule has 1 aromatic heterocycles. The molecule has 0 amide bonds. The van der Waals surface area contributed by atoms with Crippen molar-refractivity contribution in [2.45, 2.75) is 38.1 Å². The van der Waals surface area contributed by atoms with Gasteiger partial charge < -0.3 is 5.32 Å². The van der Waals surface area contributed by atoms with Gasteiger partial charge >= 0.3 is 0 Å². The highest BCUT2D eigenvalue weighted by atomic mass is 32.1. The average Bonchev–Trinajstić information content (AvgIpc) is 2.79. The first-order valence-corrected chi connectivity index (χ1v) is 10.4. The maximum atomic E-state index is 5.40. The van der Waals surface area contributed by atoms with Crippen LogP contribution >= 0.6 is 12.2 Å². The fourth-order valence-electron chi connectivity index (χ4n) is 3.55. The number of hydrogen-bond donors (Lipinski definition) is 3. The van der Waals surface area contributed by atoms with Crippen molar-refractivity contribution in [2.24, 2.45) is 0 Å². The monoisotopic (exact) mass is 404 g/mol. The molecule has 148 valence electrons. The summed E-state index contributed by atoms with van der Waals surface area (Å²) in [6.07, 6.45) is 6.13. The van der Waals surface area contributed by atoms with Gasteiger partial charge in [-0.2, -0.15) is 0 Å². The largest absolute Gasteiger partial charge is 0.359 e. The lowest BCUT2D eigenvalue weighted by atomic mass is 9.96. The van der Waals surface area contributed by atoms with Crippen LogP contribution in [0.2, 0.25) is 0 Å². The van der Waals surface area contributed by atoms with E-state index in [1.807, 2.05) is 60.7 Å². The molecule has 0 bridgehead atoms. The first-order valence-electron chi connectivity index (χ1n) is 9.98. The molecule has 3 N–H and O–H groups in total. The second-order valence-corrected chi connectivity index (χ2v) is 7.53. The lowest BCUT2D eigenvalue weighted by molar-refractivity contribution is 0.412. The van der Waals surface area contributed by atoms with Crippen molar-refractivity contribution in [1.29, 1.82) is 0 Å². The first kappa shape index (κ1) is 19.3. The van der Waals surface area contributed by atoms with Gasteiger partial charge in [0.25, 0.3) is 5.95 Å². The first-order chi connectivity index (χ1) is 14.3. The average molecular weight is 405 g/mol.